The summed E-state index contributed by atoms with van der Waals surface area (Å²) in [5.74, 6) is 5.02. The van der Waals surface area contributed by atoms with Crippen molar-refractivity contribution < 1.29 is 0 Å². The first-order chi connectivity index (χ1) is 12.5. The Morgan fingerprint density at radius 1 is 1.00 bits per heavy atom. The van der Waals surface area contributed by atoms with Gasteiger partial charge in [-0.05, 0) is 98.2 Å². The van der Waals surface area contributed by atoms with Crippen molar-refractivity contribution in [3.8, 4) is 0 Å². The smallest absolute Gasteiger partial charge is 0.00851 e. The normalized spacial score (nSPS) is 47.0. The van der Waals surface area contributed by atoms with Crippen LogP contribution in [0.25, 0.3) is 0 Å². The van der Waals surface area contributed by atoms with Gasteiger partial charge in [0, 0.05) is 0 Å². The zero-order chi connectivity index (χ0) is 18.9. The molecule has 0 radical (unpaired) electrons. The third kappa shape index (κ3) is 3.22. The van der Waals surface area contributed by atoms with Gasteiger partial charge in [-0.2, -0.15) is 0 Å². The van der Waals surface area contributed by atoms with Crippen molar-refractivity contribution in [3.63, 3.8) is 0 Å². The second-order valence-electron chi connectivity index (χ2n) is 10.6. The molecule has 0 aromatic carbocycles. The van der Waals surface area contributed by atoms with E-state index in [1.54, 1.807) is 6.42 Å². The summed E-state index contributed by atoms with van der Waals surface area (Å²) in [4.78, 5) is 0. The Morgan fingerprint density at radius 2 is 1.77 bits per heavy atom. The Kier molecular flexibility index (Phi) is 6.30. The quantitative estimate of drug-likeness (QED) is 0.444. The van der Waals surface area contributed by atoms with Crippen LogP contribution < -0.4 is 0 Å². The van der Waals surface area contributed by atoms with E-state index in [1.807, 2.05) is 19.4 Å². The summed E-state index contributed by atoms with van der Waals surface area (Å²) < 4.78 is 0. The van der Waals surface area contributed by atoms with E-state index in [1.165, 1.54) is 64.2 Å². The fourth-order valence-electron chi connectivity index (χ4n) is 7.88. The number of hydrogen-bond donors (Lipinski definition) is 0. The molecule has 4 aliphatic rings. The average molecular weight is 359 g/mol. The minimum Gasteiger partial charge on any atom is -0.0845 e. The van der Waals surface area contributed by atoms with Crippen molar-refractivity contribution in [1.29, 1.82) is 0 Å². The van der Waals surface area contributed by atoms with Gasteiger partial charge in [0.1, 0.15) is 0 Å². The van der Waals surface area contributed by atoms with E-state index in [0.29, 0.717) is 10.8 Å². The number of fused-ring (bicyclic) bond motifs is 5. The molecule has 3 fully saturated rings. The van der Waals surface area contributed by atoms with Crippen LogP contribution in [0.3, 0.4) is 0 Å². The molecule has 0 nitrogen and oxygen atoms in total. The Bertz CT molecular complexity index is 502. The highest BCUT2D eigenvalue weighted by Gasteiger charge is 2.58. The number of allylic oxidation sites excluding steroid dienone is 2. The summed E-state index contributed by atoms with van der Waals surface area (Å²) in [6.45, 7) is 14.2. The maximum atomic E-state index is 2.74. The first-order valence-corrected chi connectivity index (χ1v) is 12.2. The SMILES string of the molecule is CC.CCCCC1CCC2C3CC=C4CC(C)CCC4(C)C3CCC12C. The Hall–Kier alpha value is -0.260. The van der Waals surface area contributed by atoms with Gasteiger partial charge in [-0.3, -0.25) is 0 Å². The molecule has 4 aliphatic carbocycles. The highest BCUT2D eigenvalue weighted by atomic mass is 14.6. The number of unbranched alkanes of at least 4 members (excludes halogenated alkanes) is 1. The summed E-state index contributed by atoms with van der Waals surface area (Å²) in [5.41, 5.74) is 3.12. The van der Waals surface area contributed by atoms with Crippen molar-refractivity contribution in [1.82, 2.24) is 0 Å². The molecule has 0 aromatic heterocycles. The Morgan fingerprint density at radius 3 is 2.50 bits per heavy atom. The molecule has 0 bridgehead atoms. The molecular formula is C26H46. The van der Waals surface area contributed by atoms with Gasteiger partial charge >= 0.3 is 0 Å². The van der Waals surface area contributed by atoms with Crippen molar-refractivity contribution in [2.24, 2.45) is 40.4 Å². The summed E-state index contributed by atoms with van der Waals surface area (Å²) >= 11 is 0. The third-order valence-electron chi connectivity index (χ3n) is 9.45. The molecule has 0 saturated heterocycles. The topological polar surface area (TPSA) is 0 Å². The van der Waals surface area contributed by atoms with Crippen LogP contribution in [-0.2, 0) is 0 Å². The van der Waals surface area contributed by atoms with E-state index in [0.717, 1.165) is 29.6 Å². The summed E-state index contributed by atoms with van der Waals surface area (Å²) in [6.07, 6.45) is 19.0. The molecule has 0 amide bonds. The van der Waals surface area contributed by atoms with Crippen molar-refractivity contribution >= 4 is 0 Å². The van der Waals surface area contributed by atoms with E-state index in [2.05, 4.69) is 33.8 Å². The standard InChI is InChI=1S/C24H40.C2H6/c1-5-6-7-18-9-11-21-20-10-8-19-16-17(2)12-14-24(19,4)22(20)13-15-23(18,21)3;1-2/h8,17-18,20-22H,5-7,9-16H2,1-4H3;1-2H3. The van der Waals surface area contributed by atoms with E-state index in [-0.39, 0.29) is 0 Å². The van der Waals surface area contributed by atoms with Crippen molar-refractivity contribution in [2.75, 3.05) is 0 Å². The van der Waals surface area contributed by atoms with Gasteiger partial charge in [0.15, 0.2) is 0 Å². The van der Waals surface area contributed by atoms with Crippen LogP contribution in [0.1, 0.15) is 112 Å². The molecular weight excluding hydrogens is 312 g/mol. The molecule has 0 heteroatoms. The first kappa shape index (κ1) is 20.5. The van der Waals surface area contributed by atoms with Crippen LogP contribution in [0.4, 0.5) is 0 Å². The van der Waals surface area contributed by atoms with Crippen molar-refractivity contribution in [3.05, 3.63) is 11.6 Å². The number of rotatable bonds is 3. The maximum Gasteiger partial charge on any atom is -0.00851 e. The molecule has 3 saturated carbocycles. The van der Waals surface area contributed by atoms with Gasteiger partial charge in [-0.1, -0.05) is 66.0 Å². The fourth-order valence-corrected chi connectivity index (χ4v) is 7.88. The van der Waals surface area contributed by atoms with Gasteiger partial charge in [0.2, 0.25) is 0 Å². The second-order valence-corrected chi connectivity index (χ2v) is 10.6. The molecule has 26 heavy (non-hydrogen) atoms. The first-order valence-electron chi connectivity index (χ1n) is 12.2. The van der Waals surface area contributed by atoms with E-state index in [4.69, 9.17) is 0 Å². The monoisotopic (exact) mass is 358 g/mol. The van der Waals surface area contributed by atoms with Crippen LogP contribution in [-0.4, -0.2) is 0 Å². The lowest BCUT2D eigenvalue weighted by molar-refractivity contribution is -0.0450. The van der Waals surface area contributed by atoms with E-state index >= 15 is 0 Å². The van der Waals surface area contributed by atoms with Gasteiger partial charge in [-0.25, -0.2) is 0 Å². The lowest BCUT2D eigenvalue weighted by atomic mass is 9.47. The minimum atomic E-state index is 0.568. The molecule has 150 valence electrons. The van der Waals surface area contributed by atoms with Gasteiger partial charge in [0.25, 0.3) is 0 Å². The molecule has 0 N–H and O–H groups in total. The van der Waals surface area contributed by atoms with Crippen LogP contribution in [0, 0.1) is 40.4 Å². The van der Waals surface area contributed by atoms with Crippen LogP contribution in [0.2, 0.25) is 0 Å². The lowest BCUT2D eigenvalue weighted by Crippen LogP contribution is -2.49. The largest absolute Gasteiger partial charge is 0.0845 e. The molecule has 0 spiro atoms. The highest BCUT2D eigenvalue weighted by Crippen LogP contribution is 2.67. The van der Waals surface area contributed by atoms with Crippen molar-refractivity contribution in [2.45, 2.75) is 112 Å². The molecule has 7 unspecified atom stereocenters. The predicted octanol–water partition coefficient (Wildman–Crippen LogP) is 8.42. The average Bonchev–Trinajstić information content (AvgIpc) is 2.98. The highest BCUT2D eigenvalue weighted by molar-refractivity contribution is 5.24. The zero-order valence-electron chi connectivity index (χ0n) is 18.7. The number of hydrogen-bond acceptors (Lipinski definition) is 0. The van der Waals surface area contributed by atoms with Gasteiger partial charge in [-0.15, -0.1) is 0 Å². The van der Waals surface area contributed by atoms with Crippen LogP contribution in [0.15, 0.2) is 11.6 Å². The molecule has 4 rings (SSSR count). The molecule has 0 heterocycles. The third-order valence-corrected chi connectivity index (χ3v) is 9.45. The Labute approximate surface area is 164 Å². The summed E-state index contributed by atoms with van der Waals surface area (Å²) in [5, 5.41) is 0. The molecule has 0 aromatic rings. The second kappa shape index (κ2) is 8.00. The summed E-state index contributed by atoms with van der Waals surface area (Å²) in [6, 6.07) is 0. The van der Waals surface area contributed by atoms with E-state index in [9.17, 15) is 0 Å². The van der Waals surface area contributed by atoms with Crippen LogP contribution in [0.5, 0.6) is 0 Å². The summed E-state index contributed by atoms with van der Waals surface area (Å²) in [7, 11) is 0. The molecule has 7 atom stereocenters. The van der Waals surface area contributed by atoms with Gasteiger partial charge < -0.3 is 0 Å². The van der Waals surface area contributed by atoms with Gasteiger partial charge in [0.05, 0.1) is 0 Å². The Balaban J connectivity index is 0.000000948. The van der Waals surface area contributed by atoms with Crippen LogP contribution >= 0.6 is 0 Å². The predicted molar refractivity (Wildman–Crippen MR) is 115 cm³/mol. The maximum absolute atomic E-state index is 2.74. The lowest BCUT2D eigenvalue weighted by Gasteiger charge is -2.58. The van der Waals surface area contributed by atoms with E-state index < -0.39 is 0 Å². The fraction of sp³-hybridized carbons (Fsp3) is 0.923. The minimum absolute atomic E-state index is 0.568. The zero-order valence-corrected chi connectivity index (χ0v) is 18.7. The molecule has 0 aliphatic heterocycles.